The van der Waals surface area contributed by atoms with Crippen LogP contribution in [-0.4, -0.2) is 27.9 Å². The summed E-state index contributed by atoms with van der Waals surface area (Å²) in [5, 5.41) is 23.8. The van der Waals surface area contributed by atoms with Crippen LogP contribution >= 0.6 is 37.0 Å². The number of nitriles is 2. The summed E-state index contributed by atoms with van der Waals surface area (Å²) in [6.07, 6.45) is 2.38. The fourth-order valence-electron chi connectivity index (χ4n) is 5.94. The molecule has 0 unspecified atom stereocenters. The number of rotatable bonds is 5. The van der Waals surface area contributed by atoms with Crippen LogP contribution in [0.1, 0.15) is 0 Å². The Hall–Kier alpha value is -5.56. The molecule has 0 saturated heterocycles. The number of Topliss-reactive ketones (excluding diaryl/α,β-unsaturated/α-hetero) is 1. The second-order valence-corrected chi connectivity index (χ2v) is 18.3. The molecule has 262 valence electrons. The molecule has 0 aromatic heterocycles. The van der Waals surface area contributed by atoms with Crippen molar-refractivity contribution in [3.8, 4) is 12.1 Å². The van der Waals surface area contributed by atoms with Gasteiger partial charge in [0.05, 0.1) is 41.2 Å². The van der Waals surface area contributed by atoms with E-state index in [1.54, 1.807) is 66.7 Å². The molecule has 0 spiro atoms. The molecule has 0 fully saturated rings. The van der Waals surface area contributed by atoms with Gasteiger partial charge in [0.15, 0.2) is 10.9 Å². The maximum atomic E-state index is 13.0. The van der Waals surface area contributed by atoms with Crippen molar-refractivity contribution in [2.45, 2.75) is 6.18 Å². The minimum atomic E-state index is -5.09. The first kappa shape index (κ1) is 40.2. The van der Waals surface area contributed by atoms with E-state index in [9.17, 15) is 28.5 Å². The van der Waals surface area contributed by atoms with Crippen LogP contribution in [-0.2, 0) is 4.79 Å². The third kappa shape index (κ3) is 8.10. The van der Waals surface area contributed by atoms with Crippen molar-refractivity contribution in [1.82, 2.24) is 0 Å². The van der Waals surface area contributed by atoms with Crippen LogP contribution in [0.5, 0.6) is 0 Å². The summed E-state index contributed by atoms with van der Waals surface area (Å²) in [5.41, 5.74) is -0.0713. The summed E-state index contributed by atoms with van der Waals surface area (Å²) in [4.78, 5) is 19.1. The normalized spacial score (nSPS) is 15.1. The standard InChI is InChI=1S/C21H12F3N2OP.C19H13N2P.CH2Cl2/c1-26-19-13-15(20(27)21(22,23)24)12-18(14-25)28(19,16-8-4-2-5-9-16)17-10-6-3-7-11-17;1-21-19-14-8-13-18(15-20)22(19,16-9-4-2-5-10-16)17-11-6-3-7-12-17;2-1-3/h2-13H;2-14H;1H2. The lowest BCUT2D eigenvalue weighted by Gasteiger charge is -2.30. The predicted octanol–water partition coefficient (Wildman–Crippen LogP) is 9.29. The molecular formula is C41H27Cl2F3N4OP2. The lowest BCUT2D eigenvalue weighted by Crippen LogP contribution is -2.28. The number of halogens is 5. The first-order valence-electron chi connectivity index (χ1n) is 15.5. The number of nitrogens with zero attached hydrogens (tertiary/aromatic N) is 4. The predicted molar refractivity (Wildman–Crippen MR) is 214 cm³/mol. The molecule has 0 N–H and O–H groups in total. The van der Waals surface area contributed by atoms with Gasteiger partial charge in [-0.2, -0.15) is 23.7 Å². The first-order valence-corrected chi connectivity index (χ1v) is 20.1. The Morgan fingerprint density at radius 1 is 0.642 bits per heavy atom. The molecule has 2 aliphatic heterocycles. The fraction of sp³-hybridized carbons (Fsp3) is 0.0488. The van der Waals surface area contributed by atoms with E-state index in [2.05, 4.69) is 15.8 Å². The van der Waals surface area contributed by atoms with Crippen molar-refractivity contribution in [2.75, 3.05) is 5.34 Å². The van der Waals surface area contributed by atoms with Crippen LogP contribution in [0.15, 0.2) is 168 Å². The van der Waals surface area contributed by atoms with Gasteiger partial charge in [-0.15, -0.1) is 23.2 Å². The first-order chi connectivity index (χ1) is 25.6. The van der Waals surface area contributed by atoms with Crippen molar-refractivity contribution < 1.29 is 18.0 Å². The van der Waals surface area contributed by atoms with Gasteiger partial charge >= 0.3 is 6.18 Å². The van der Waals surface area contributed by atoms with E-state index in [0.29, 0.717) is 21.3 Å². The van der Waals surface area contributed by atoms with E-state index < -0.39 is 31.3 Å². The number of allylic oxidation sites excluding steroid dienone is 6. The quantitative estimate of drug-likeness (QED) is 0.115. The molecule has 0 bridgehead atoms. The van der Waals surface area contributed by atoms with Crippen LogP contribution in [0.3, 0.4) is 0 Å². The molecule has 12 heteroatoms. The Balaban J connectivity index is 0.000000226. The zero-order chi connectivity index (χ0) is 38.5. The Morgan fingerprint density at radius 2 is 1.00 bits per heavy atom. The Bertz CT molecular complexity index is 2310. The second kappa shape index (κ2) is 18.3. The molecule has 2 heterocycles. The van der Waals surface area contributed by atoms with E-state index in [4.69, 9.17) is 36.3 Å². The summed E-state index contributed by atoms with van der Waals surface area (Å²) < 4.78 is 38.9. The van der Waals surface area contributed by atoms with Gasteiger partial charge in [-0.3, -0.25) is 4.79 Å². The Labute approximate surface area is 316 Å². The highest BCUT2D eigenvalue weighted by atomic mass is 35.5. The zero-order valence-electron chi connectivity index (χ0n) is 27.6. The van der Waals surface area contributed by atoms with Gasteiger partial charge < -0.3 is 0 Å². The van der Waals surface area contributed by atoms with Gasteiger partial charge in [-0.1, -0.05) is 133 Å². The number of benzene rings is 4. The molecule has 0 radical (unpaired) electrons. The van der Waals surface area contributed by atoms with Crippen molar-refractivity contribution >= 4 is 74.6 Å². The third-order valence-corrected chi connectivity index (χ3v) is 16.1. The number of carbonyl (C=O) groups is 1. The molecule has 0 saturated carbocycles. The molecule has 4 aromatic carbocycles. The topological polar surface area (TPSA) is 73.4 Å². The van der Waals surface area contributed by atoms with Gasteiger partial charge in [0.25, 0.3) is 5.78 Å². The van der Waals surface area contributed by atoms with Crippen LogP contribution in [0, 0.1) is 35.8 Å². The van der Waals surface area contributed by atoms with Crippen LogP contribution in [0.2, 0.25) is 0 Å². The molecule has 5 nitrogen and oxygen atoms in total. The van der Waals surface area contributed by atoms with E-state index in [1.165, 1.54) is 0 Å². The average Bonchev–Trinajstić information content (AvgIpc) is 3.21. The van der Waals surface area contributed by atoms with E-state index >= 15 is 0 Å². The summed E-state index contributed by atoms with van der Waals surface area (Å²) >= 11 is 9.53. The summed E-state index contributed by atoms with van der Waals surface area (Å²) in [5.74, 6) is -2.07. The molecule has 0 atom stereocenters. The zero-order valence-corrected chi connectivity index (χ0v) is 30.9. The Morgan fingerprint density at radius 3 is 1.32 bits per heavy atom. The van der Waals surface area contributed by atoms with Gasteiger partial charge in [-0.05, 0) is 39.4 Å². The third-order valence-electron chi connectivity index (χ3n) is 8.04. The van der Waals surface area contributed by atoms with E-state index in [0.717, 1.165) is 22.8 Å². The number of carbonyl (C=O) groups excluding carboxylic acids is 1. The monoisotopic (exact) mass is 780 g/mol. The summed E-state index contributed by atoms with van der Waals surface area (Å²) in [6, 6.07) is 41.7. The molecule has 0 aliphatic carbocycles. The van der Waals surface area contributed by atoms with Crippen LogP contribution in [0.4, 0.5) is 13.2 Å². The van der Waals surface area contributed by atoms with Crippen molar-refractivity contribution in [3.63, 3.8) is 0 Å². The fourth-order valence-corrected chi connectivity index (χ4v) is 13.6. The lowest BCUT2D eigenvalue weighted by molar-refractivity contribution is -0.166. The van der Waals surface area contributed by atoms with Gasteiger partial charge in [-0.25, -0.2) is 9.69 Å². The minimum Gasteiger partial charge on any atom is -0.284 e. The van der Waals surface area contributed by atoms with Crippen molar-refractivity contribution in [1.29, 1.82) is 10.5 Å². The summed E-state index contributed by atoms with van der Waals surface area (Å²) in [6.45, 7) is 9.97. The molecule has 4 aromatic rings. The highest BCUT2D eigenvalue weighted by Crippen LogP contribution is 2.58. The van der Waals surface area contributed by atoms with Crippen LogP contribution in [0.25, 0.3) is 9.69 Å². The van der Waals surface area contributed by atoms with Crippen molar-refractivity contribution in [2.24, 2.45) is 0 Å². The molecule has 6 rings (SSSR count). The number of ketones is 1. The molecule has 2 aliphatic rings. The van der Waals surface area contributed by atoms with E-state index in [-0.39, 0.29) is 16.1 Å². The average molecular weight is 782 g/mol. The molecular weight excluding hydrogens is 754 g/mol. The second-order valence-electron chi connectivity index (χ2n) is 10.8. The largest absolute Gasteiger partial charge is 0.454 e. The number of hydrogen-bond acceptors (Lipinski definition) is 3. The maximum Gasteiger partial charge on any atom is 0.454 e. The summed E-state index contributed by atoms with van der Waals surface area (Å²) in [7, 11) is 0. The van der Waals surface area contributed by atoms with E-state index in [1.807, 2.05) is 78.9 Å². The minimum absolute atomic E-state index is 0.00833. The number of alkyl halides is 5. The maximum absolute atomic E-state index is 13.0. The van der Waals surface area contributed by atoms with Gasteiger partial charge in [0.2, 0.25) is 0 Å². The van der Waals surface area contributed by atoms with Gasteiger partial charge in [0.1, 0.15) is 0 Å². The SMILES string of the molecule is ClCCl.[C-]#[N+]C1=CC(C(=O)C(F)(F)F)=CC(C#N)=P1(c1ccccc1)c1ccccc1.[C-]#[N+]C1=CC=CC(C#N)=P1(c1ccccc1)c1ccccc1. The number of hydrogen-bond donors (Lipinski definition) is 0. The highest BCUT2D eigenvalue weighted by Gasteiger charge is 2.43. The molecule has 0 amide bonds. The molecule has 53 heavy (non-hydrogen) atoms. The Kier molecular flexibility index (Phi) is 13.9. The van der Waals surface area contributed by atoms with Crippen LogP contribution < -0.4 is 21.2 Å². The lowest BCUT2D eigenvalue weighted by atomic mass is 10.1. The van der Waals surface area contributed by atoms with Gasteiger partial charge in [0, 0.05) is 19.3 Å². The van der Waals surface area contributed by atoms with Crippen molar-refractivity contribution in [3.05, 3.63) is 191 Å². The smallest absolute Gasteiger partial charge is 0.284 e. The highest BCUT2D eigenvalue weighted by molar-refractivity contribution is 7.94.